The summed E-state index contributed by atoms with van der Waals surface area (Å²) in [5.74, 6) is -0.286. The second kappa shape index (κ2) is 6.76. The fraction of sp³-hybridized carbons (Fsp3) is 0.294. The molecule has 1 N–H and O–H groups in total. The monoisotopic (exact) mass is 343 g/mol. The average molecular weight is 343 g/mol. The van der Waals surface area contributed by atoms with Crippen LogP contribution in [0.5, 0.6) is 0 Å². The molecule has 0 bridgehead atoms. The Morgan fingerprint density at radius 3 is 2.92 bits per heavy atom. The molecule has 1 aliphatic heterocycles. The van der Waals surface area contributed by atoms with Crippen molar-refractivity contribution in [2.45, 2.75) is 19.9 Å². The fourth-order valence-electron chi connectivity index (χ4n) is 2.82. The lowest BCUT2D eigenvalue weighted by atomic mass is 10.1. The standard InChI is InChI=1S/C17H17N3O5/c1-11-4-5-13(8-15(11)20(23)24)18-17(22)12-7-16(21)19(9-12)10-14-3-2-6-25-14/h2-6,8,12H,7,9-10H2,1H3,(H,18,22). The zero-order valence-corrected chi connectivity index (χ0v) is 13.6. The number of hydrogen-bond acceptors (Lipinski definition) is 5. The summed E-state index contributed by atoms with van der Waals surface area (Å²) in [6.07, 6.45) is 1.64. The maximum absolute atomic E-state index is 12.4. The van der Waals surface area contributed by atoms with Crippen molar-refractivity contribution in [3.63, 3.8) is 0 Å². The van der Waals surface area contributed by atoms with Gasteiger partial charge in [0.2, 0.25) is 11.8 Å². The number of nitro benzene ring substituents is 1. The first-order chi connectivity index (χ1) is 11.9. The third-order valence-electron chi connectivity index (χ3n) is 4.19. The van der Waals surface area contributed by atoms with Crippen molar-refractivity contribution in [3.05, 3.63) is 58.0 Å². The molecule has 0 aliphatic carbocycles. The highest BCUT2D eigenvalue weighted by molar-refractivity contribution is 5.97. The third-order valence-corrected chi connectivity index (χ3v) is 4.19. The number of benzene rings is 1. The Kier molecular flexibility index (Phi) is 4.51. The molecule has 1 aromatic carbocycles. The van der Waals surface area contributed by atoms with Gasteiger partial charge in [-0.15, -0.1) is 0 Å². The van der Waals surface area contributed by atoms with Crippen LogP contribution in [-0.2, 0) is 16.1 Å². The first-order valence-corrected chi connectivity index (χ1v) is 7.80. The Hall–Kier alpha value is -3.16. The lowest BCUT2D eigenvalue weighted by Gasteiger charge is -2.15. The number of aryl methyl sites for hydroxylation is 1. The summed E-state index contributed by atoms with van der Waals surface area (Å²) < 4.78 is 5.22. The van der Waals surface area contributed by atoms with Crippen molar-refractivity contribution in [1.82, 2.24) is 4.90 Å². The molecule has 1 aromatic heterocycles. The SMILES string of the molecule is Cc1ccc(NC(=O)C2CC(=O)N(Cc3ccco3)C2)cc1[N+](=O)[O-]. The van der Waals surface area contributed by atoms with E-state index in [-0.39, 0.29) is 23.9 Å². The molecule has 1 unspecified atom stereocenters. The number of nitrogens with one attached hydrogen (secondary N) is 1. The lowest BCUT2D eigenvalue weighted by Crippen LogP contribution is -2.27. The minimum Gasteiger partial charge on any atom is -0.467 e. The van der Waals surface area contributed by atoms with Crippen LogP contribution in [0.15, 0.2) is 41.0 Å². The number of hydrogen-bond donors (Lipinski definition) is 1. The molecule has 0 saturated carbocycles. The van der Waals surface area contributed by atoms with Gasteiger partial charge in [0.05, 0.1) is 23.6 Å². The van der Waals surface area contributed by atoms with Gasteiger partial charge in [0.25, 0.3) is 5.69 Å². The van der Waals surface area contributed by atoms with Crippen LogP contribution in [0.1, 0.15) is 17.7 Å². The van der Waals surface area contributed by atoms with Crippen LogP contribution in [0.25, 0.3) is 0 Å². The van der Waals surface area contributed by atoms with Gasteiger partial charge in [-0.1, -0.05) is 6.07 Å². The Morgan fingerprint density at radius 1 is 1.44 bits per heavy atom. The lowest BCUT2D eigenvalue weighted by molar-refractivity contribution is -0.385. The van der Waals surface area contributed by atoms with Gasteiger partial charge in [0, 0.05) is 30.3 Å². The van der Waals surface area contributed by atoms with Crippen LogP contribution in [-0.4, -0.2) is 28.2 Å². The molecule has 2 amide bonds. The van der Waals surface area contributed by atoms with Gasteiger partial charge in [-0.25, -0.2) is 0 Å². The highest BCUT2D eigenvalue weighted by Crippen LogP contribution is 2.25. The number of furan rings is 1. The van der Waals surface area contributed by atoms with E-state index in [0.717, 1.165) is 0 Å². The van der Waals surface area contributed by atoms with Crippen molar-refractivity contribution in [3.8, 4) is 0 Å². The highest BCUT2D eigenvalue weighted by Gasteiger charge is 2.34. The van der Waals surface area contributed by atoms with Crippen molar-refractivity contribution in [2.24, 2.45) is 5.92 Å². The molecule has 0 radical (unpaired) electrons. The van der Waals surface area contributed by atoms with E-state index in [1.807, 2.05) is 0 Å². The quantitative estimate of drug-likeness (QED) is 0.663. The fourth-order valence-corrected chi connectivity index (χ4v) is 2.82. The Morgan fingerprint density at radius 2 is 2.24 bits per heavy atom. The smallest absolute Gasteiger partial charge is 0.274 e. The summed E-state index contributed by atoms with van der Waals surface area (Å²) >= 11 is 0. The first-order valence-electron chi connectivity index (χ1n) is 7.80. The zero-order chi connectivity index (χ0) is 18.0. The summed E-state index contributed by atoms with van der Waals surface area (Å²) in [7, 11) is 0. The van der Waals surface area contributed by atoms with Crippen LogP contribution in [0, 0.1) is 23.0 Å². The van der Waals surface area contributed by atoms with Gasteiger partial charge in [-0.3, -0.25) is 19.7 Å². The molecule has 2 heterocycles. The molecule has 25 heavy (non-hydrogen) atoms. The van der Waals surface area contributed by atoms with Gasteiger partial charge < -0.3 is 14.6 Å². The van der Waals surface area contributed by atoms with Gasteiger partial charge in [0.1, 0.15) is 5.76 Å². The maximum Gasteiger partial charge on any atom is 0.274 e. The number of anilines is 1. The van der Waals surface area contributed by atoms with E-state index >= 15 is 0 Å². The van der Waals surface area contributed by atoms with Crippen molar-refractivity contribution in [1.29, 1.82) is 0 Å². The predicted octanol–water partition coefficient (Wildman–Crippen LogP) is 2.48. The second-order valence-corrected chi connectivity index (χ2v) is 6.00. The van der Waals surface area contributed by atoms with E-state index in [4.69, 9.17) is 4.42 Å². The predicted molar refractivity (Wildman–Crippen MR) is 88.7 cm³/mol. The molecule has 8 nitrogen and oxygen atoms in total. The largest absolute Gasteiger partial charge is 0.467 e. The number of nitro groups is 1. The molecular weight excluding hydrogens is 326 g/mol. The van der Waals surface area contributed by atoms with Crippen LogP contribution in [0.3, 0.4) is 0 Å². The zero-order valence-electron chi connectivity index (χ0n) is 13.6. The number of nitrogens with zero attached hydrogens (tertiary/aromatic N) is 2. The number of likely N-dealkylation sites (tertiary alicyclic amines) is 1. The third kappa shape index (κ3) is 3.68. The van der Waals surface area contributed by atoms with Gasteiger partial charge in [-0.05, 0) is 25.1 Å². The summed E-state index contributed by atoms with van der Waals surface area (Å²) in [6.45, 7) is 2.25. The van der Waals surface area contributed by atoms with E-state index in [2.05, 4.69) is 5.32 Å². The second-order valence-electron chi connectivity index (χ2n) is 6.00. The molecule has 1 aliphatic rings. The topological polar surface area (TPSA) is 106 Å². The summed E-state index contributed by atoms with van der Waals surface area (Å²) in [6, 6.07) is 8.02. The number of amides is 2. The summed E-state index contributed by atoms with van der Waals surface area (Å²) in [5.41, 5.74) is 0.808. The maximum atomic E-state index is 12.4. The summed E-state index contributed by atoms with van der Waals surface area (Å²) in [4.78, 5) is 36.5. The highest BCUT2D eigenvalue weighted by atomic mass is 16.6. The molecule has 3 rings (SSSR count). The molecule has 1 fully saturated rings. The van der Waals surface area contributed by atoms with E-state index in [9.17, 15) is 19.7 Å². The Bertz CT molecular complexity index is 816. The molecule has 8 heteroatoms. The van der Waals surface area contributed by atoms with E-state index < -0.39 is 10.8 Å². The van der Waals surface area contributed by atoms with Crippen LogP contribution >= 0.6 is 0 Å². The van der Waals surface area contributed by atoms with E-state index in [1.165, 1.54) is 12.3 Å². The van der Waals surface area contributed by atoms with E-state index in [1.54, 1.807) is 36.1 Å². The minimum absolute atomic E-state index is 0.0558. The Balaban J connectivity index is 1.65. The minimum atomic E-state index is -0.497. The molecular formula is C17H17N3O5. The Labute approximate surface area is 143 Å². The molecule has 1 saturated heterocycles. The molecule has 2 aromatic rings. The van der Waals surface area contributed by atoms with Crippen LogP contribution < -0.4 is 5.32 Å². The van der Waals surface area contributed by atoms with Crippen LogP contribution in [0.2, 0.25) is 0 Å². The van der Waals surface area contributed by atoms with Crippen LogP contribution in [0.4, 0.5) is 11.4 Å². The average Bonchev–Trinajstić information content (AvgIpc) is 3.20. The summed E-state index contributed by atoms with van der Waals surface area (Å²) in [5, 5.41) is 13.6. The number of carbonyl (C=O) groups is 2. The van der Waals surface area contributed by atoms with E-state index in [0.29, 0.717) is 30.1 Å². The molecule has 1 atom stereocenters. The number of carbonyl (C=O) groups excluding carboxylic acids is 2. The van der Waals surface area contributed by atoms with Gasteiger partial charge in [0.15, 0.2) is 0 Å². The normalized spacial score (nSPS) is 16.9. The first kappa shape index (κ1) is 16.7. The van der Waals surface area contributed by atoms with Gasteiger partial charge >= 0.3 is 0 Å². The van der Waals surface area contributed by atoms with Crippen molar-refractivity contribution >= 4 is 23.2 Å². The molecule has 0 spiro atoms. The molecule has 130 valence electrons. The van der Waals surface area contributed by atoms with Crippen molar-refractivity contribution in [2.75, 3.05) is 11.9 Å². The van der Waals surface area contributed by atoms with Gasteiger partial charge in [-0.2, -0.15) is 0 Å². The number of rotatable bonds is 5. The van der Waals surface area contributed by atoms with Crippen molar-refractivity contribution < 1.29 is 18.9 Å².